The fourth-order valence-electron chi connectivity index (χ4n) is 1.45. The summed E-state index contributed by atoms with van der Waals surface area (Å²) in [6.45, 7) is 4.36. The molecule has 1 amide bonds. The van der Waals surface area contributed by atoms with E-state index < -0.39 is 0 Å². The molecule has 17 heavy (non-hydrogen) atoms. The van der Waals surface area contributed by atoms with Crippen LogP contribution in [0.1, 0.15) is 31.1 Å². The van der Waals surface area contributed by atoms with Gasteiger partial charge in [0.15, 0.2) is 0 Å². The first-order valence-corrected chi connectivity index (χ1v) is 6.87. The van der Waals surface area contributed by atoms with Crippen LogP contribution in [0.5, 0.6) is 0 Å². The van der Waals surface area contributed by atoms with Crippen LogP contribution in [0.15, 0.2) is 30.3 Å². The number of hydrazine groups is 1. The Morgan fingerprint density at radius 1 is 1.35 bits per heavy atom. The van der Waals surface area contributed by atoms with Gasteiger partial charge >= 0.3 is 0 Å². The van der Waals surface area contributed by atoms with Crippen molar-refractivity contribution in [2.45, 2.75) is 25.5 Å². The number of hydrogen-bond acceptors (Lipinski definition) is 3. The minimum Gasteiger partial charge on any atom is -0.293 e. The fourth-order valence-corrected chi connectivity index (χ4v) is 2.86. The Hall–Kier alpha value is -1.00. The molecule has 4 heteroatoms. The number of carbonyl (C=O) groups is 1. The van der Waals surface area contributed by atoms with E-state index in [1.807, 2.05) is 30.3 Å². The molecule has 0 bridgehead atoms. The van der Waals surface area contributed by atoms with Crippen LogP contribution in [0.4, 0.5) is 0 Å². The Bertz CT molecular complexity index is 341. The average Bonchev–Trinajstić information content (AvgIpc) is 2.34. The standard InChI is InChI=1S/C13H20N2OS/c1-10(2)8-9-17-12(13(16)15-14)11-6-4-3-5-7-11/h3-7,10,12H,8-9,14H2,1-2H3,(H,15,16). The summed E-state index contributed by atoms with van der Waals surface area (Å²) >= 11 is 1.64. The summed E-state index contributed by atoms with van der Waals surface area (Å²) in [4.78, 5) is 11.7. The number of rotatable bonds is 6. The van der Waals surface area contributed by atoms with E-state index in [4.69, 9.17) is 5.84 Å². The van der Waals surface area contributed by atoms with E-state index >= 15 is 0 Å². The normalized spacial score (nSPS) is 12.5. The van der Waals surface area contributed by atoms with Crippen molar-refractivity contribution < 1.29 is 4.79 Å². The summed E-state index contributed by atoms with van der Waals surface area (Å²) in [7, 11) is 0. The fraction of sp³-hybridized carbons (Fsp3) is 0.462. The van der Waals surface area contributed by atoms with Crippen LogP contribution in [-0.4, -0.2) is 11.7 Å². The van der Waals surface area contributed by atoms with Crippen LogP contribution in [0.2, 0.25) is 0 Å². The molecule has 3 N–H and O–H groups in total. The number of hydrogen-bond donors (Lipinski definition) is 2. The van der Waals surface area contributed by atoms with Crippen molar-refractivity contribution >= 4 is 17.7 Å². The highest BCUT2D eigenvalue weighted by atomic mass is 32.2. The SMILES string of the molecule is CC(C)CCSC(C(=O)NN)c1ccccc1. The largest absolute Gasteiger partial charge is 0.293 e. The first-order valence-electron chi connectivity index (χ1n) is 5.82. The molecule has 0 aliphatic carbocycles. The monoisotopic (exact) mass is 252 g/mol. The lowest BCUT2D eigenvalue weighted by Crippen LogP contribution is -2.33. The minimum atomic E-state index is -0.208. The lowest BCUT2D eigenvalue weighted by molar-refractivity contribution is -0.120. The number of nitrogens with two attached hydrogens (primary N) is 1. The maximum absolute atomic E-state index is 11.7. The third kappa shape index (κ3) is 4.79. The maximum Gasteiger partial charge on any atom is 0.251 e. The lowest BCUT2D eigenvalue weighted by Gasteiger charge is -2.15. The quantitative estimate of drug-likeness (QED) is 0.464. The van der Waals surface area contributed by atoms with E-state index in [1.165, 1.54) is 0 Å². The van der Waals surface area contributed by atoms with Gasteiger partial charge in [0.25, 0.3) is 5.91 Å². The summed E-state index contributed by atoms with van der Waals surface area (Å²) in [6.07, 6.45) is 1.10. The third-order valence-corrected chi connectivity index (χ3v) is 3.75. The Kier molecular flexibility index (Phi) is 6.08. The molecule has 0 spiro atoms. The predicted molar refractivity (Wildman–Crippen MR) is 73.4 cm³/mol. The van der Waals surface area contributed by atoms with Crippen molar-refractivity contribution in [3.8, 4) is 0 Å². The Labute approximate surface area is 107 Å². The predicted octanol–water partition coefficient (Wildman–Crippen LogP) is 2.50. The van der Waals surface area contributed by atoms with Crippen molar-refractivity contribution in [3.63, 3.8) is 0 Å². The van der Waals surface area contributed by atoms with E-state index in [-0.39, 0.29) is 11.2 Å². The molecule has 0 saturated heterocycles. The lowest BCUT2D eigenvalue weighted by atomic mass is 10.1. The van der Waals surface area contributed by atoms with E-state index in [2.05, 4.69) is 19.3 Å². The molecule has 0 heterocycles. The number of thioether (sulfide) groups is 1. The van der Waals surface area contributed by atoms with E-state index in [9.17, 15) is 4.79 Å². The van der Waals surface area contributed by atoms with Crippen molar-refractivity contribution in [1.29, 1.82) is 0 Å². The first kappa shape index (κ1) is 14.1. The van der Waals surface area contributed by atoms with Gasteiger partial charge in [0.05, 0.1) is 0 Å². The number of nitrogens with one attached hydrogen (secondary N) is 1. The molecule has 1 aromatic carbocycles. The zero-order chi connectivity index (χ0) is 12.7. The average molecular weight is 252 g/mol. The molecule has 1 aromatic rings. The molecule has 1 unspecified atom stereocenters. The molecule has 0 saturated carbocycles. The Morgan fingerprint density at radius 2 is 2.00 bits per heavy atom. The van der Waals surface area contributed by atoms with Gasteiger partial charge in [-0.2, -0.15) is 0 Å². The first-order chi connectivity index (χ1) is 8.15. The van der Waals surface area contributed by atoms with Gasteiger partial charge < -0.3 is 0 Å². The topological polar surface area (TPSA) is 55.1 Å². The van der Waals surface area contributed by atoms with Gasteiger partial charge in [-0.25, -0.2) is 5.84 Å². The smallest absolute Gasteiger partial charge is 0.251 e. The van der Waals surface area contributed by atoms with Crippen LogP contribution < -0.4 is 11.3 Å². The Balaban J connectivity index is 2.65. The second-order valence-electron chi connectivity index (χ2n) is 4.35. The number of carbonyl (C=O) groups excluding carboxylic acids is 1. The molecule has 0 aliphatic rings. The molecule has 0 aliphatic heterocycles. The maximum atomic E-state index is 11.7. The van der Waals surface area contributed by atoms with E-state index in [0.29, 0.717) is 5.92 Å². The van der Waals surface area contributed by atoms with Crippen LogP contribution in [-0.2, 0) is 4.79 Å². The van der Waals surface area contributed by atoms with E-state index in [0.717, 1.165) is 17.7 Å². The van der Waals surface area contributed by atoms with Gasteiger partial charge in [-0.1, -0.05) is 44.2 Å². The highest BCUT2D eigenvalue weighted by Crippen LogP contribution is 2.29. The van der Waals surface area contributed by atoms with Crippen LogP contribution in [0, 0.1) is 5.92 Å². The van der Waals surface area contributed by atoms with Crippen molar-refractivity contribution in [2.24, 2.45) is 11.8 Å². The van der Waals surface area contributed by atoms with Gasteiger partial charge in [0, 0.05) is 0 Å². The molecule has 0 fully saturated rings. The number of amides is 1. The molecule has 0 aromatic heterocycles. The minimum absolute atomic E-state index is 0.134. The van der Waals surface area contributed by atoms with Gasteiger partial charge in [0.1, 0.15) is 5.25 Å². The zero-order valence-corrected chi connectivity index (χ0v) is 11.2. The van der Waals surface area contributed by atoms with Crippen molar-refractivity contribution in [3.05, 3.63) is 35.9 Å². The van der Waals surface area contributed by atoms with Crippen LogP contribution >= 0.6 is 11.8 Å². The zero-order valence-electron chi connectivity index (χ0n) is 10.3. The molecule has 0 radical (unpaired) electrons. The van der Waals surface area contributed by atoms with Gasteiger partial charge in [0.2, 0.25) is 0 Å². The second-order valence-corrected chi connectivity index (χ2v) is 5.57. The molecule has 1 rings (SSSR count). The van der Waals surface area contributed by atoms with Crippen molar-refractivity contribution in [2.75, 3.05) is 5.75 Å². The summed E-state index contributed by atoms with van der Waals surface area (Å²) in [5.41, 5.74) is 3.25. The summed E-state index contributed by atoms with van der Waals surface area (Å²) in [5.74, 6) is 6.71. The molecular formula is C13H20N2OS. The highest BCUT2D eigenvalue weighted by Gasteiger charge is 2.19. The van der Waals surface area contributed by atoms with Gasteiger partial charge in [-0.15, -0.1) is 11.8 Å². The van der Waals surface area contributed by atoms with Crippen LogP contribution in [0.3, 0.4) is 0 Å². The summed E-state index contributed by atoms with van der Waals surface area (Å²) in [6, 6.07) is 9.74. The van der Waals surface area contributed by atoms with Crippen LogP contribution in [0.25, 0.3) is 0 Å². The van der Waals surface area contributed by atoms with E-state index in [1.54, 1.807) is 11.8 Å². The molecule has 3 nitrogen and oxygen atoms in total. The number of benzene rings is 1. The molecule has 1 atom stereocenters. The van der Waals surface area contributed by atoms with Crippen molar-refractivity contribution in [1.82, 2.24) is 5.43 Å². The summed E-state index contributed by atoms with van der Waals surface area (Å²) in [5, 5.41) is -0.208. The second kappa shape index (κ2) is 7.35. The molecular weight excluding hydrogens is 232 g/mol. The van der Waals surface area contributed by atoms with Gasteiger partial charge in [-0.3, -0.25) is 10.2 Å². The third-order valence-electron chi connectivity index (χ3n) is 2.46. The highest BCUT2D eigenvalue weighted by molar-refractivity contribution is 8.00. The summed E-state index contributed by atoms with van der Waals surface area (Å²) < 4.78 is 0. The Morgan fingerprint density at radius 3 is 2.53 bits per heavy atom. The van der Waals surface area contributed by atoms with Gasteiger partial charge in [-0.05, 0) is 23.7 Å². The molecule has 94 valence electrons.